The average molecular weight is 454 g/mol. The predicted octanol–water partition coefficient (Wildman–Crippen LogP) is 4.77. The molecule has 4 aromatic rings. The molecule has 2 aromatic carbocycles. The molecule has 0 bridgehead atoms. The van der Waals surface area contributed by atoms with Crippen molar-refractivity contribution in [1.82, 2.24) is 14.9 Å². The Balaban J connectivity index is 1.52. The van der Waals surface area contributed by atoms with E-state index in [1.54, 1.807) is 19.2 Å². The summed E-state index contributed by atoms with van der Waals surface area (Å²) in [6.07, 6.45) is 0. The molecule has 0 saturated carbocycles. The van der Waals surface area contributed by atoms with Crippen LogP contribution in [0.15, 0.2) is 69.9 Å². The molecular weight excluding hydrogens is 433 g/mol. The molecule has 8 heteroatoms. The van der Waals surface area contributed by atoms with Crippen LogP contribution in [0.2, 0.25) is 0 Å². The fourth-order valence-electron chi connectivity index (χ4n) is 3.26. The largest absolute Gasteiger partial charge is 0.349 e. The van der Waals surface area contributed by atoms with E-state index in [9.17, 15) is 14.0 Å². The Morgan fingerprint density at radius 2 is 1.90 bits per heavy atom. The molecule has 1 N–H and O–H groups in total. The molecule has 2 aromatic heterocycles. The first-order valence-electron chi connectivity index (χ1n) is 9.65. The van der Waals surface area contributed by atoms with Crippen molar-refractivity contribution in [3.63, 3.8) is 0 Å². The Morgan fingerprint density at radius 1 is 1.19 bits per heavy atom. The van der Waals surface area contributed by atoms with E-state index in [1.807, 2.05) is 42.6 Å². The van der Waals surface area contributed by atoms with Crippen molar-refractivity contribution in [2.75, 3.05) is 5.75 Å². The van der Waals surface area contributed by atoms with Gasteiger partial charge < -0.3 is 5.32 Å². The SMILES string of the molecule is C[C@@H](NC(=O)CSc1nc2scc(-c3ccc(F)cc3)c2c(=O)n1C)c1ccccc1. The summed E-state index contributed by atoms with van der Waals surface area (Å²) in [6.45, 7) is 1.93. The lowest BCUT2D eigenvalue weighted by Crippen LogP contribution is -2.28. The molecule has 0 aliphatic rings. The van der Waals surface area contributed by atoms with Crippen molar-refractivity contribution in [1.29, 1.82) is 0 Å². The van der Waals surface area contributed by atoms with E-state index in [4.69, 9.17) is 0 Å². The molecular formula is C23H20FN3O2S2. The smallest absolute Gasteiger partial charge is 0.263 e. The molecule has 2 heterocycles. The fraction of sp³-hybridized carbons (Fsp3) is 0.174. The molecule has 0 aliphatic carbocycles. The second-order valence-electron chi connectivity index (χ2n) is 7.08. The van der Waals surface area contributed by atoms with Gasteiger partial charge in [-0.3, -0.25) is 14.2 Å². The number of nitrogens with zero attached hydrogens (tertiary/aromatic N) is 2. The lowest BCUT2D eigenvalue weighted by atomic mass is 10.1. The highest BCUT2D eigenvalue weighted by atomic mass is 32.2. The molecule has 1 amide bonds. The number of benzene rings is 2. The van der Waals surface area contributed by atoms with Gasteiger partial charge in [0.05, 0.1) is 17.2 Å². The van der Waals surface area contributed by atoms with Crippen molar-refractivity contribution in [2.45, 2.75) is 18.1 Å². The zero-order valence-corrected chi connectivity index (χ0v) is 18.6. The van der Waals surface area contributed by atoms with E-state index in [1.165, 1.54) is 39.8 Å². The van der Waals surface area contributed by atoms with Crippen LogP contribution < -0.4 is 10.9 Å². The number of thioether (sulfide) groups is 1. The zero-order valence-electron chi connectivity index (χ0n) is 17.0. The van der Waals surface area contributed by atoms with Gasteiger partial charge >= 0.3 is 0 Å². The lowest BCUT2D eigenvalue weighted by molar-refractivity contribution is -0.119. The van der Waals surface area contributed by atoms with Crippen LogP contribution in [0.4, 0.5) is 4.39 Å². The second kappa shape index (κ2) is 9.03. The Kier molecular flexibility index (Phi) is 6.20. The van der Waals surface area contributed by atoms with Gasteiger partial charge in [0.25, 0.3) is 5.56 Å². The third kappa shape index (κ3) is 4.55. The number of fused-ring (bicyclic) bond motifs is 1. The number of carbonyl (C=O) groups is 1. The first-order chi connectivity index (χ1) is 14.9. The van der Waals surface area contributed by atoms with Crippen LogP contribution in [0.3, 0.4) is 0 Å². The van der Waals surface area contributed by atoms with E-state index in [0.29, 0.717) is 15.4 Å². The average Bonchev–Trinajstić information content (AvgIpc) is 3.20. The van der Waals surface area contributed by atoms with Crippen LogP contribution in [-0.4, -0.2) is 21.2 Å². The molecule has 0 radical (unpaired) electrons. The number of rotatable bonds is 6. The normalized spacial score (nSPS) is 12.1. The summed E-state index contributed by atoms with van der Waals surface area (Å²) in [5, 5.41) is 5.81. The van der Waals surface area contributed by atoms with Crippen LogP contribution >= 0.6 is 23.1 Å². The molecule has 1 atom stereocenters. The van der Waals surface area contributed by atoms with Crippen molar-refractivity contribution in [3.8, 4) is 11.1 Å². The van der Waals surface area contributed by atoms with E-state index >= 15 is 0 Å². The number of carbonyl (C=O) groups excluding carboxylic acids is 1. The van der Waals surface area contributed by atoms with Gasteiger partial charge in [0.2, 0.25) is 5.91 Å². The topological polar surface area (TPSA) is 64.0 Å². The Labute approximate surface area is 187 Å². The minimum Gasteiger partial charge on any atom is -0.349 e. The first-order valence-corrected chi connectivity index (χ1v) is 11.5. The van der Waals surface area contributed by atoms with Gasteiger partial charge in [-0.05, 0) is 30.2 Å². The first kappa shape index (κ1) is 21.3. The number of hydrogen-bond donors (Lipinski definition) is 1. The summed E-state index contributed by atoms with van der Waals surface area (Å²) in [6, 6.07) is 15.7. The van der Waals surface area contributed by atoms with Gasteiger partial charge in [-0.25, -0.2) is 9.37 Å². The fourth-order valence-corrected chi connectivity index (χ4v) is 5.03. The van der Waals surface area contributed by atoms with Crippen LogP contribution in [0.1, 0.15) is 18.5 Å². The van der Waals surface area contributed by atoms with E-state index < -0.39 is 0 Å². The number of thiophene rings is 1. The second-order valence-corrected chi connectivity index (χ2v) is 8.88. The predicted molar refractivity (Wildman–Crippen MR) is 124 cm³/mol. The summed E-state index contributed by atoms with van der Waals surface area (Å²) in [5.41, 5.74) is 2.34. The highest BCUT2D eigenvalue weighted by Crippen LogP contribution is 2.32. The van der Waals surface area contributed by atoms with Gasteiger partial charge in [0, 0.05) is 18.0 Å². The summed E-state index contributed by atoms with van der Waals surface area (Å²) in [7, 11) is 1.65. The highest BCUT2D eigenvalue weighted by Gasteiger charge is 2.17. The molecule has 31 heavy (non-hydrogen) atoms. The summed E-state index contributed by atoms with van der Waals surface area (Å²) < 4.78 is 14.7. The van der Waals surface area contributed by atoms with Crippen LogP contribution in [0, 0.1) is 5.82 Å². The van der Waals surface area contributed by atoms with Crippen LogP contribution in [-0.2, 0) is 11.8 Å². The van der Waals surface area contributed by atoms with Crippen LogP contribution in [0.5, 0.6) is 0 Å². The summed E-state index contributed by atoms with van der Waals surface area (Å²) in [5.74, 6) is -0.305. The molecule has 0 aliphatic heterocycles. The molecule has 158 valence electrons. The minimum absolute atomic E-state index is 0.107. The zero-order chi connectivity index (χ0) is 22.0. The quantitative estimate of drug-likeness (QED) is 0.337. The minimum atomic E-state index is -0.326. The van der Waals surface area contributed by atoms with Gasteiger partial charge in [-0.2, -0.15) is 0 Å². The standard InChI is InChI=1S/C23H20FN3O2S2/c1-14(15-6-4-3-5-7-15)25-19(28)13-31-23-26-21-20(22(29)27(23)2)18(12-30-21)16-8-10-17(24)11-9-16/h3-12,14H,13H2,1-2H3,(H,25,28)/t14-/m1/s1. The number of hydrogen-bond acceptors (Lipinski definition) is 5. The summed E-state index contributed by atoms with van der Waals surface area (Å²) in [4.78, 5) is 30.6. The number of halogens is 1. The maximum absolute atomic E-state index is 13.3. The monoisotopic (exact) mass is 453 g/mol. The van der Waals surface area contributed by atoms with Crippen LogP contribution in [0.25, 0.3) is 21.3 Å². The molecule has 5 nitrogen and oxygen atoms in total. The maximum atomic E-state index is 13.3. The van der Waals surface area contributed by atoms with Gasteiger partial charge in [0.15, 0.2) is 5.16 Å². The lowest BCUT2D eigenvalue weighted by Gasteiger charge is -2.14. The van der Waals surface area contributed by atoms with Gasteiger partial charge in [-0.1, -0.05) is 54.2 Å². The van der Waals surface area contributed by atoms with Crippen molar-refractivity contribution < 1.29 is 9.18 Å². The maximum Gasteiger partial charge on any atom is 0.263 e. The molecule has 0 fully saturated rings. The van der Waals surface area contributed by atoms with Crippen molar-refractivity contribution >= 4 is 39.2 Å². The molecule has 0 spiro atoms. The number of aromatic nitrogens is 2. The third-order valence-corrected chi connectivity index (χ3v) is 6.84. The van der Waals surface area contributed by atoms with Gasteiger partial charge in [-0.15, -0.1) is 11.3 Å². The van der Waals surface area contributed by atoms with E-state index in [2.05, 4.69) is 10.3 Å². The van der Waals surface area contributed by atoms with Crippen molar-refractivity contribution in [3.05, 3.63) is 81.7 Å². The number of nitrogens with one attached hydrogen (secondary N) is 1. The Hall–Kier alpha value is -2.97. The third-order valence-electron chi connectivity index (χ3n) is 4.94. The number of amides is 1. The van der Waals surface area contributed by atoms with Crippen molar-refractivity contribution in [2.24, 2.45) is 7.05 Å². The summed E-state index contributed by atoms with van der Waals surface area (Å²) >= 11 is 2.59. The Morgan fingerprint density at radius 3 is 2.61 bits per heavy atom. The van der Waals surface area contributed by atoms with E-state index in [0.717, 1.165) is 16.7 Å². The Bertz CT molecular complexity index is 1280. The van der Waals surface area contributed by atoms with Gasteiger partial charge in [0.1, 0.15) is 10.6 Å². The molecule has 4 rings (SSSR count). The molecule has 0 unspecified atom stereocenters. The van der Waals surface area contributed by atoms with E-state index in [-0.39, 0.29) is 29.1 Å². The molecule has 0 saturated heterocycles. The highest BCUT2D eigenvalue weighted by molar-refractivity contribution is 7.99.